The number of nitrogens with one attached hydrogen (secondary N) is 1. The lowest BCUT2D eigenvalue weighted by Gasteiger charge is -2.06. The Kier molecular flexibility index (Phi) is 3.42. The van der Waals surface area contributed by atoms with E-state index in [-0.39, 0.29) is 11.3 Å². The lowest BCUT2D eigenvalue weighted by Crippen LogP contribution is -2.26. The van der Waals surface area contributed by atoms with Gasteiger partial charge in [-0.15, -0.1) is 0 Å². The highest BCUT2D eigenvalue weighted by Crippen LogP contribution is 2.27. The average Bonchev–Trinajstić information content (AvgIpc) is 2.85. The number of rotatable bonds is 4. The molecule has 0 saturated carbocycles. The number of carbonyl (C=O) groups excluding carboxylic acids is 1. The van der Waals surface area contributed by atoms with Crippen LogP contribution in [0.1, 0.15) is 16.2 Å². The summed E-state index contributed by atoms with van der Waals surface area (Å²) in [5, 5.41) is 24.9. The molecule has 0 fully saturated rings. The molecule has 7 nitrogen and oxygen atoms in total. The molecular weight excluding hydrogens is 238 g/mol. The predicted molar refractivity (Wildman–Crippen MR) is 60.1 cm³/mol. The molecule has 0 spiro atoms. The second-order valence-corrected chi connectivity index (χ2v) is 3.53. The Labute approximate surface area is 102 Å². The van der Waals surface area contributed by atoms with Crippen LogP contribution in [0, 0.1) is 0 Å². The van der Waals surface area contributed by atoms with Crippen molar-refractivity contribution in [3.05, 3.63) is 36.0 Å². The van der Waals surface area contributed by atoms with Gasteiger partial charge in [-0.2, -0.15) is 4.98 Å². The molecule has 0 radical (unpaired) electrons. The van der Waals surface area contributed by atoms with Crippen LogP contribution in [0.5, 0.6) is 11.5 Å². The van der Waals surface area contributed by atoms with E-state index in [4.69, 9.17) is 0 Å². The molecule has 1 aromatic carbocycles. The Hall–Kier alpha value is -2.57. The number of amides is 1. The molecule has 1 aromatic heterocycles. The highest BCUT2D eigenvalue weighted by Gasteiger charge is 2.13. The van der Waals surface area contributed by atoms with Crippen molar-refractivity contribution in [2.75, 3.05) is 6.54 Å². The third kappa shape index (κ3) is 2.57. The maximum atomic E-state index is 11.7. The Bertz CT molecular complexity index is 539. The van der Waals surface area contributed by atoms with Gasteiger partial charge in [-0.25, -0.2) is 0 Å². The second-order valence-electron chi connectivity index (χ2n) is 3.53. The van der Waals surface area contributed by atoms with Crippen molar-refractivity contribution < 1.29 is 19.5 Å². The summed E-state index contributed by atoms with van der Waals surface area (Å²) in [7, 11) is 0. The van der Waals surface area contributed by atoms with E-state index in [0.717, 1.165) is 0 Å². The number of hydrogen-bond donors (Lipinski definition) is 3. The highest BCUT2D eigenvalue weighted by atomic mass is 16.5. The smallest absolute Gasteiger partial charge is 0.255 e. The van der Waals surface area contributed by atoms with E-state index in [1.54, 1.807) is 0 Å². The number of aromatic hydroxyl groups is 2. The number of para-hydroxylation sites is 1. The van der Waals surface area contributed by atoms with Crippen molar-refractivity contribution in [3.8, 4) is 11.5 Å². The minimum Gasteiger partial charge on any atom is -0.504 e. The first-order valence-electron chi connectivity index (χ1n) is 5.23. The number of benzene rings is 1. The monoisotopic (exact) mass is 249 g/mol. The molecule has 1 heterocycles. The van der Waals surface area contributed by atoms with Crippen LogP contribution in [0.25, 0.3) is 0 Å². The van der Waals surface area contributed by atoms with Gasteiger partial charge in [0.15, 0.2) is 17.3 Å². The van der Waals surface area contributed by atoms with Gasteiger partial charge in [-0.1, -0.05) is 11.2 Å². The molecule has 94 valence electrons. The molecule has 0 aliphatic rings. The molecule has 18 heavy (non-hydrogen) atoms. The molecule has 0 bridgehead atoms. The molecule has 0 unspecified atom stereocenters. The van der Waals surface area contributed by atoms with Gasteiger partial charge in [0.05, 0.1) is 5.56 Å². The molecule has 0 atom stereocenters. The third-order valence-corrected chi connectivity index (χ3v) is 2.30. The molecule has 1 amide bonds. The lowest BCUT2D eigenvalue weighted by atomic mass is 10.1. The van der Waals surface area contributed by atoms with E-state index >= 15 is 0 Å². The quantitative estimate of drug-likeness (QED) is 0.679. The number of aromatic nitrogens is 2. The zero-order valence-corrected chi connectivity index (χ0v) is 9.33. The van der Waals surface area contributed by atoms with Gasteiger partial charge in [-0.05, 0) is 12.1 Å². The first-order chi connectivity index (χ1) is 8.68. The zero-order chi connectivity index (χ0) is 13.0. The lowest BCUT2D eigenvalue weighted by molar-refractivity contribution is 0.0950. The van der Waals surface area contributed by atoms with Crippen molar-refractivity contribution in [2.24, 2.45) is 0 Å². The summed E-state index contributed by atoms with van der Waals surface area (Å²) in [6.07, 6.45) is 1.63. The fourth-order valence-electron chi connectivity index (χ4n) is 1.40. The van der Waals surface area contributed by atoms with Crippen LogP contribution in [0.15, 0.2) is 29.1 Å². The molecule has 0 aliphatic heterocycles. The van der Waals surface area contributed by atoms with Crippen molar-refractivity contribution in [3.63, 3.8) is 0 Å². The van der Waals surface area contributed by atoms with Gasteiger partial charge in [0, 0.05) is 13.0 Å². The molecule has 3 N–H and O–H groups in total. The maximum Gasteiger partial charge on any atom is 0.255 e. The number of carbonyl (C=O) groups is 1. The summed E-state index contributed by atoms with van der Waals surface area (Å²) in [5.74, 6) is -0.766. The van der Waals surface area contributed by atoms with Gasteiger partial charge < -0.3 is 20.1 Å². The van der Waals surface area contributed by atoms with E-state index in [0.29, 0.717) is 18.8 Å². The standard InChI is InChI=1S/C11H11N3O4/c15-8-3-1-2-7(10(8)16)11(17)12-5-4-9-13-6-18-14-9/h1-3,6,15-16H,4-5H2,(H,12,17). The van der Waals surface area contributed by atoms with Crippen LogP contribution in [-0.2, 0) is 6.42 Å². The zero-order valence-electron chi connectivity index (χ0n) is 9.33. The number of phenols is 2. The number of phenolic OH excluding ortho intramolecular Hbond substituents is 2. The van der Waals surface area contributed by atoms with Crippen LogP contribution in [0.2, 0.25) is 0 Å². The second kappa shape index (κ2) is 5.17. The Morgan fingerprint density at radius 2 is 2.22 bits per heavy atom. The van der Waals surface area contributed by atoms with Crippen LogP contribution >= 0.6 is 0 Å². The molecular formula is C11H11N3O4. The predicted octanol–water partition coefficient (Wildman–Crippen LogP) is 0.453. The van der Waals surface area contributed by atoms with Crippen molar-refractivity contribution >= 4 is 5.91 Å². The minimum atomic E-state index is -0.480. The normalized spacial score (nSPS) is 10.2. The molecule has 0 saturated heterocycles. The number of hydrogen-bond acceptors (Lipinski definition) is 6. The summed E-state index contributed by atoms with van der Waals surface area (Å²) in [5.41, 5.74) is 0.0168. The van der Waals surface area contributed by atoms with Gasteiger partial charge in [0.1, 0.15) is 0 Å². The van der Waals surface area contributed by atoms with Crippen molar-refractivity contribution in [1.82, 2.24) is 15.5 Å². The van der Waals surface area contributed by atoms with Gasteiger partial charge >= 0.3 is 0 Å². The highest BCUT2D eigenvalue weighted by molar-refractivity contribution is 5.97. The van der Waals surface area contributed by atoms with Crippen LogP contribution < -0.4 is 5.32 Å². The van der Waals surface area contributed by atoms with E-state index in [1.165, 1.54) is 24.6 Å². The van der Waals surface area contributed by atoms with Crippen LogP contribution in [0.4, 0.5) is 0 Å². The van der Waals surface area contributed by atoms with Crippen molar-refractivity contribution in [2.45, 2.75) is 6.42 Å². The van der Waals surface area contributed by atoms with Crippen LogP contribution in [-0.4, -0.2) is 32.8 Å². The SMILES string of the molecule is O=C(NCCc1ncon1)c1cccc(O)c1O. The summed E-state index contributed by atoms with van der Waals surface area (Å²) in [6.45, 7) is 0.299. The van der Waals surface area contributed by atoms with E-state index in [2.05, 4.69) is 20.0 Å². The topological polar surface area (TPSA) is 108 Å². The molecule has 7 heteroatoms. The number of nitrogens with zero attached hydrogens (tertiary/aromatic N) is 2. The van der Waals surface area contributed by atoms with Crippen molar-refractivity contribution in [1.29, 1.82) is 0 Å². The summed E-state index contributed by atoms with van der Waals surface area (Å²) in [4.78, 5) is 15.5. The maximum absolute atomic E-state index is 11.7. The Morgan fingerprint density at radius 3 is 2.94 bits per heavy atom. The fourth-order valence-corrected chi connectivity index (χ4v) is 1.40. The first kappa shape index (κ1) is 11.9. The van der Waals surface area contributed by atoms with Gasteiger partial charge in [0.25, 0.3) is 5.91 Å². The van der Waals surface area contributed by atoms with E-state index < -0.39 is 11.7 Å². The van der Waals surface area contributed by atoms with Crippen LogP contribution in [0.3, 0.4) is 0 Å². The average molecular weight is 249 g/mol. The summed E-state index contributed by atoms with van der Waals surface area (Å²) >= 11 is 0. The Morgan fingerprint density at radius 1 is 1.39 bits per heavy atom. The van der Waals surface area contributed by atoms with E-state index in [1.807, 2.05) is 0 Å². The molecule has 0 aliphatic carbocycles. The molecule has 2 rings (SSSR count). The minimum absolute atomic E-state index is 0.0168. The Balaban J connectivity index is 1.93. The largest absolute Gasteiger partial charge is 0.504 e. The summed E-state index contributed by atoms with van der Waals surface area (Å²) < 4.78 is 4.54. The van der Waals surface area contributed by atoms with Gasteiger partial charge in [0.2, 0.25) is 6.39 Å². The summed E-state index contributed by atoms with van der Waals surface area (Å²) in [6, 6.07) is 4.19. The van der Waals surface area contributed by atoms with Gasteiger partial charge in [-0.3, -0.25) is 4.79 Å². The fraction of sp³-hybridized carbons (Fsp3) is 0.182. The third-order valence-electron chi connectivity index (χ3n) is 2.30. The molecule has 2 aromatic rings. The first-order valence-corrected chi connectivity index (χ1v) is 5.23. The van der Waals surface area contributed by atoms with E-state index in [9.17, 15) is 15.0 Å².